The van der Waals surface area contributed by atoms with Gasteiger partial charge in [-0.3, -0.25) is 4.79 Å². The van der Waals surface area contributed by atoms with Gasteiger partial charge in [0.2, 0.25) is 0 Å². The fourth-order valence-electron chi connectivity index (χ4n) is 9.61. The third-order valence-electron chi connectivity index (χ3n) is 12.9. The van der Waals surface area contributed by atoms with Crippen molar-refractivity contribution in [1.29, 1.82) is 0 Å². The van der Waals surface area contributed by atoms with Crippen molar-refractivity contribution < 1.29 is 50.8 Å². The van der Waals surface area contributed by atoms with Crippen LogP contribution in [-0.4, -0.2) is 107 Å². The summed E-state index contributed by atoms with van der Waals surface area (Å²) in [6, 6.07) is 13.9. The van der Waals surface area contributed by atoms with Crippen LogP contribution < -0.4 is 5.32 Å². The van der Waals surface area contributed by atoms with Crippen LogP contribution in [0.4, 0.5) is 0 Å². The van der Waals surface area contributed by atoms with Crippen molar-refractivity contribution in [2.45, 2.75) is 151 Å². The number of carboxylic acids is 1. The lowest BCUT2D eigenvalue weighted by Crippen LogP contribution is -2.51. The maximum absolute atomic E-state index is 12.3. The number of carboxylic acid groups (broad SMARTS) is 1. The van der Waals surface area contributed by atoms with E-state index in [1.807, 2.05) is 31.2 Å². The molecule has 10 unspecified atom stereocenters. The van der Waals surface area contributed by atoms with E-state index >= 15 is 0 Å². The van der Waals surface area contributed by atoms with Gasteiger partial charge in [0, 0.05) is 23.9 Å². The molecule has 2 bridgehead atoms. The Morgan fingerprint density at radius 3 is 2.36 bits per heavy atom. The summed E-state index contributed by atoms with van der Waals surface area (Å²) in [5.41, 5.74) is 1.63. The zero-order valence-corrected chi connectivity index (χ0v) is 34.0. The SMILES string of the molecule is CCCCC(O)C(O)C=CC1=C(CC(O)CO)C2NCC(C)(O)C(c3ccc(O)cc3)C#CC(CC2CC(O)C(O)C2(CC(=O)O)CCCC2)c2ccccc2CC1. The van der Waals surface area contributed by atoms with E-state index in [2.05, 4.69) is 17.2 Å². The molecule has 10 atom stereocenters. The normalized spacial score (nSPS) is 27.5. The number of carbonyl (C=O) groups is 1. The molecule has 0 aromatic heterocycles. The summed E-state index contributed by atoms with van der Waals surface area (Å²) in [5, 5.41) is 103. The first-order chi connectivity index (χ1) is 27.7. The highest BCUT2D eigenvalue weighted by atomic mass is 16.4. The first-order valence-corrected chi connectivity index (χ1v) is 21.1. The number of aliphatic hydroxyl groups is 7. The number of β-amino-alcohol motifs (C(OH)–C–C–N with tert-alkyl or cyclic N) is 1. The second-order valence-corrected chi connectivity index (χ2v) is 17.3. The second-order valence-electron chi connectivity index (χ2n) is 17.3. The molecule has 11 heteroatoms. The number of aliphatic hydroxyl groups excluding tert-OH is 6. The van der Waals surface area contributed by atoms with Crippen LogP contribution in [0.25, 0.3) is 0 Å². The van der Waals surface area contributed by atoms with Crippen molar-refractivity contribution in [2.75, 3.05) is 13.2 Å². The first kappa shape index (κ1) is 45.5. The molecule has 1 fully saturated rings. The largest absolute Gasteiger partial charge is 0.508 e. The summed E-state index contributed by atoms with van der Waals surface area (Å²) in [6.07, 6.45) is 2.95. The summed E-state index contributed by atoms with van der Waals surface area (Å²) in [4.78, 5) is 12.1. The van der Waals surface area contributed by atoms with Gasteiger partial charge in [0.1, 0.15) is 5.75 Å². The predicted molar refractivity (Wildman–Crippen MR) is 222 cm³/mol. The van der Waals surface area contributed by atoms with E-state index in [0.717, 1.165) is 42.4 Å². The van der Waals surface area contributed by atoms with Gasteiger partial charge >= 0.3 is 5.97 Å². The summed E-state index contributed by atoms with van der Waals surface area (Å²) in [6.45, 7) is 3.15. The van der Waals surface area contributed by atoms with Gasteiger partial charge in [-0.1, -0.05) is 93.0 Å². The lowest BCUT2D eigenvalue weighted by molar-refractivity contribution is -0.145. The van der Waals surface area contributed by atoms with Gasteiger partial charge in [0.25, 0.3) is 0 Å². The number of allylic oxidation sites excluding steroid dienone is 2. The number of phenols is 1. The molecule has 0 amide bonds. The Labute approximate surface area is 343 Å². The summed E-state index contributed by atoms with van der Waals surface area (Å²) in [7, 11) is 0. The van der Waals surface area contributed by atoms with Gasteiger partial charge in [0.05, 0.1) is 55.1 Å². The number of hydrogen-bond donors (Lipinski definition) is 10. The number of aliphatic carboxylic acids is 1. The third-order valence-corrected chi connectivity index (χ3v) is 12.9. The zero-order chi connectivity index (χ0) is 42.0. The number of benzene rings is 2. The molecule has 11 nitrogen and oxygen atoms in total. The van der Waals surface area contributed by atoms with Crippen molar-refractivity contribution in [3.8, 4) is 17.6 Å². The minimum atomic E-state index is -1.50. The van der Waals surface area contributed by atoms with Gasteiger partial charge in [0.15, 0.2) is 0 Å². The minimum Gasteiger partial charge on any atom is -0.508 e. The van der Waals surface area contributed by atoms with Crippen LogP contribution in [-0.2, 0) is 11.2 Å². The van der Waals surface area contributed by atoms with Crippen LogP contribution in [0.1, 0.15) is 119 Å². The molecular formula is C47H65NO10. The molecule has 1 aliphatic heterocycles. The molecule has 0 saturated heterocycles. The van der Waals surface area contributed by atoms with Crippen LogP contribution in [0.15, 0.2) is 71.8 Å². The van der Waals surface area contributed by atoms with Crippen LogP contribution in [0.2, 0.25) is 0 Å². The molecule has 58 heavy (non-hydrogen) atoms. The third kappa shape index (κ3) is 11.4. The topological polar surface area (TPSA) is 211 Å². The Morgan fingerprint density at radius 1 is 0.983 bits per heavy atom. The molecule has 318 valence electrons. The van der Waals surface area contributed by atoms with Gasteiger partial charge in [-0.15, -0.1) is 0 Å². The van der Waals surface area contributed by atoms with Crippen molar-refractivity contribution >= 4 is 5.97 Å². The molecule has 2 aromatic carbocycles. The fourth-order valence-corrected chi connectivity index (χ4v) is 9.61. The quantitative estimate of drug-likeness (QED) is 0.106. The molecule has 2 aliphatic carbocycles. The molecule has 5 rings (SSSR count). The standard InChI is InChI=1S/C47H65NO10/c1-3-4-11-40(52)41(53)21-17-31-13-12-30-9-5-6-10-37(30)33-16-20-39(32-14-18-35(50)19-15-32)46(2,58)29-48-44(38(31)26-36(51)28-49)34(24-33)25-42(54)45(57)47(27-43(55)56)22-7-8-23-47/h5-6,9-10,14-15,17-19,21,33-34,36,39-42,44-45,48-54,57-58H,3-4,7-8,11-13,22-29H2,1-2H3,(H,55,56). The van der Waals surface area contributed by atoms with Crippen molar-refractivity contribution in [2.24, 2.45) is 11.3 Å². The number of nitrogens with one attached hydrogen (secondary N) is 1. The molecule has 10 N–H and O–H groups in total. The van der Waals surface area contributed by atoms with Crippen LogP contribution in [0.5, 0.6) is 5.75 Å². The highest BCUT2D eigenvalue weighted by molar-refractivity contribution is 5.68. The van der Waals surface area contributed by atoms with E-state index in [-0.39, 0.29) is 31.6 Å². The number of aromatic hydroxyl groups is 1. The van der Waals surface area contributed by atoms with E-state index < -0.39 is 77.9 Å². The van der Waals surface area contributed by atoms with Crippen molar-refractivity contribution in [3.05, 3.63) is 88.5 Å². The number of fused-ring (bicyclic) bond motifs is 5. The molecule has 1 saturated carbocycles. The average Bonchev–Trinajstić information content (AvgIpc) is 3.67. The monoisotopic (exact) mass is 803 g/mol. The van der Waals surface area contributed by atoms with Gasteiger partial charge in [-0.05, 0) is 104 Å². The van der Waals surface area contributed by atoms with Crippen LogP contribution in [0.3, 0.4) is 0 Å². The Balaban J connectivity index is 1.72. The number of rotatable bonds is 16. The predicted octanol–water partition coefficient (Wildman–Crippen LogP) is 4.59. The Kier molecular flexibility index (Phi) is 16.2. The number of unbranched alkanes of at least 4 members (excludes halogenated alkanes) is 1. The van der Waals surface area contributed by atoms with Gasteiger partial charge in [-0.25, -0.2) is 0 Å². The van der Waals surface area contributed by atoms with Crippen molar-refractivity contribution in [3.63, 3.8) is 0 Å². The molecule has 0 radical (unpaired) electrons. The highest BCUT2D eigenvalue weighted by Gasteiger charge is 2.47. The van der Waals surface area contributed by atoms with E-state index in [1.54, 1.807) is 43.3 Å². The van der Waals surface area contributed by atoms with E-state index in [9.17, 15) is 50.8 Å². The summed E-state index contributed by atoms with van der Waals surface area (Å²) in [5.74, 6) is 4.36. The molecule has 2 aromatic rings. The Hall–Kier alpha value is -3.57. The molecule has 3 aliphatic rings. The zero-order valence-electron chi connectivity index (χ0n) is 34.0. The number of aryl methyl sites for hydroxylation is 1. The van der Waals surface area contributed by atoms with Gasteiger partial charge < -0.3 is 51.3 Å². The summed E-state index contributed by atoms with van der Waals surface area (Å²) >= 11 is 0. The molecule has 0 spiro atoms. The smallest absolute Gasteiger partial charge is 0.304 e. The van der Waals surface area contributed by atoms with Crippen molar-refractivity contribution in [1.82, 2.24) is 5.32 Å². The molecular weight excluding hydrogens is 739 g/mol. The van der Waals surface area contributed by atoms with Crippen LogP contribution in [0, 0.1) is 23.2 Å². The first-order valence-electron chi connectivity index (χ1n) is 21.1. The fraction of sp³-hybridized carbons (Fsp3) is 0.596. The molecule has 1 heterocycles. The van der Waals surface area contributed by atoms with Gasteiger partial charge in [-0.2, -0.15) is 0 Å². The van der Waals surface area contributed by atoms with Crippen LogP contribution >= 0.6 is 0 Å². The maximum atomic E-state index is 12.3. The lowest BCUT2D eigenvalue weighted by Gasteiger charge is -2.42. The second kappa shape index (κ2) is 20.6. The maximum Gasteiger partial charge on any atom is 0.304 e. The highest BCUT2D eigenvalue weighted by Crippen LogP contribution is 2.47. The number of hydrogen-bond acceptors (Lipinski definition) is 10. The minimum absolute atomic E-state index is 0.00193. The Bertz CT molecular complexity index is 1770. The van der Waals surface area contributed by atoms with E-state index in [4.69, 9.17) is 0 Å². The number of phenolic OH excluding ortho intramolecular Hbond substituents is 1. The average molecular weight is 804 g/mol. The lowest BCUT2D eigenvalue weighted by atomic mass is 9.70. The summed E-state index contributed by atoms with van der Waals surface area (Å²) < 4.78 is 0. The van der Waals surface area contributed by atoms with E-state index in [1.165, 1.54) is 0 Å². The Morgan fingerprint density at radius 2 is 1.69 bits per heavy atom. The van der Waals surface area contributed by atoms with E-state index in [0.29, 0.717) is 49.7 Å².